The second kappa shape index (κ2) is 33.3. The average molecular weight is 297 g/mol. The van der Waals surface area contributed by atoms with E-state index in [0.29, 0.717) is 0 Å². The van der Waals surface area contributed by atoms with Crippen molar-refractivity contribution in [2.24, 2.45) is 0 Å². The van der Waals surface area contributed by atoms with E-state index in [-0.39, 0.29) is 162 Å². The third kappa shape index (κ3) is 23.4. The van der Waals surface area contributed by atoms with Crippen LogP contribution in [0.15, 0.2) is 0 Å². The van der Waals surface area contributed by atoms with Gasteiger partial charge in [-0.25, -0.2) is 0 Å². The van der Waals surface area contributed by atoms with Crippen LogP contribution in [-0.2, 0) is 0 Å². The van der Waals surface area contributed by atoms with Crippen molar-refractivity contribution in [2.45, 2.75) is 0 Å². The minimum absolute atomic E-state index is 0. The van der Waals surface area contributed by atoms with E-state index in [1.54, 1.807) is 0 Å². The molecule has 0 heterocycles. The maximum absolute atomic E-state index is 0. The zero-order chi connectivity index (χ0) is 0. The van der Waals surface area contributed by atoms with Gasteiger partial charge in [0.25, 0.3) is 0 Å². The summed E-state index contributed by atoms with van der Waals surface area (Å²) in [6, 6.07) is 0. The third-order valence-electron chi connectivity index (χ3n) is 0. The van der Waals surface area contributed by atoms with E-state index >= 15 is 0 Å². The summed E-state index contributed by atoms with van der Waals surface area (Å²) < 4.78 is 0. The Morgan fingerprint density at radius 2 is 0.833 bits per heavy atom. The molecule has 0 aromatic heterocycles. The molecule has 0 rings (SSSR count). The van der Waals surface area contributed by atoms with Crippen LogP contribution < -0.4 is 70.2 Å². The molecule has 0 saturated heterocycles. The van der Waals surface area contributed by atoms with Gasteiger partial charge in [0.05, 0.1) is 0 Å². The molecule has 0 atom stereocenters. The van der Waals surface area contributed by atoms with Crippen molar-refractivity contribution in [3.05, 3.63) is 0 Å². The first kappa shape index (κ1) is 45.7. The van der Waals surface area contributed by atoms with Crippen molar-refractivity contribution in [3.8, 4) is 0 Å². The SMILES string of the molecule is Cl.Cl.Cl.[Ba+2].[H-].[H-].[H-].[H-].[K+].[Li+]. The standard InChI is InChI=1S/Ba.3ClH.K.Li.4H/h;3*1H;;;;;;/q+2;;;;2*+1;4*-1. The summed E-state index contributed by atoms with van der Waals surface area (Å²) in [5, 5.41) is 0. The molecule has 32 valence electrons. The summed E-state index contributed by atoms with van der Waals surface area (Å²) >= 11 is 0. The minimum Gasteiger partial charge on any atom is -1.00 e. The molecule has 0 aliphatic heterocycles. The number of hydrogen-bond donors (Lipinski definition) is 0. The van der Waals surface area contributed by atoms with Crippen molar-refractivity contribution in [1.29, 1.82) is 0 Å². The van der Waals surface area contributed by atoms with Crippen LogP contribution in [-0.4, -0.2) is 48.9 Å². The monoisotopic (exact) mass is 296 g/mol. The zero-order valence-corrected chi connectivity index (χ0v) is 13.9. The van der Waals surface area contributed by atoms with E-state index in [2.05, 4.69) is 0 Å². The van der Waals surface area contributed by atoms with Gasteiger partial charge in [0, 0.05) is 0 Å². The normalized spacial score (nSPS) is 0. The van der Waals surface area contributed by atoms with Gasteiger partial charge in [-0.15, -0.1) is 37.2 Å². The van der Waals surface area contributed by atoms with E-state index in [0.717, 1.165) is 0 Å². The van der Waals surface area contributed by atoms with E-state index in [9.17, 15) is 0 Å². The fourth-order valence-corrected chi connectivity index (χ4v) is 0. The molecular weight excluding hydrogens is 290 g/mol. The smallest absolute Gasteiger partial charge is 1.00 e. The first-order chi connectivity index (χ1) is 0. The Kier molecular flexibility index (Phi) is 254. The molecule has 0 nitrogen and oxygen atoms in total. The van der Waals surface area contributed by atoms with Crippen molar-refractivity contribution in [3.63, 3.8) is 0 Å². The van der Waals surface area contributed by atoms with Gasteiger partial charge < -0.3 is 5.71 Å². The van der Waals surface area contributed by atoms with Crippen LogP contribution in [0.1, 0.15) is 5.71 Å². The molecule has 0 aromatic carbocycles. The van der Waals surface area contributed by atoms with E-state index in [4.69, 9.17) is 0 Å². The van der Waals surface area contributed by atoms with Crippen LogP contribution in [0.3, 0.4) is 0 Å². The summed E-state index contributed by atoms with van der Waals surface area (Å²) in [4.78, 5) is 0. The number of rotatable bonds is 0. The molecule has 0 aromatic rings. The van der Waals surface area contributed by atoms with Gasteiger partial charge in [0.2, 0.25) is 0 Å². The van der Waals surface area contributed by atoms with Crippen molar-refractivity contribution in [2.75, 3.05) is 0 Å². The Labute approximate surface area is 158 Å². The molecular formula is H7BaCl3KLi. The van der Waals surface area contributed by atoms with Crippen LogP contribution in [0.5, 0.6) is 0 Å². The van der Waals surface area contributed by atoms with Gasteiger partial charge in [0.1, 0.15) is 0 Å². The molecule has 6 heavy (non-hydrogen) atoms. The van der Waals surface area contributed by atoms with Crippen molar-refractivity contribution < 1.29 is 76.0 Å². The Balaban J connectivity index is 0. The second-order valence-electron chi connectivity index (χ2n) is 0. The maximum Gasteiger partial charge on any atom is 2.00 e. The molecule has 0 N–H and O–H groups in total. The van der Waals surface area contributed by atoms with Crippen LogP contribution in [0, 0.1) is 0 Å². The quantitative estimate of drug-likeness (QED) is 0.395. The largest absolute Gasteiger partial charge is 2.00 e. The molecule has 0 saturated carbocycles. The Morgan fingerprint density at radius 1 is 0.833 bits per heavy atom. The summed E-state index contributed by atoms with van der Waals surface area (Å²) in [6.45, 7) is 0. The van der Waals surface area contributed by atoms with Gasteiger partial charge in [0.15, 0.2) is 0 Å². The van der Waals surface area contributed by atoms with Gasteiger partial charge in [-0.2, -0.15) is 0 Å². The van der Waals surface area contributed by atoms with Gasteiger partial charge in [-0.1, -0.05) is 0 Å². The van der Waals surface area contributed by atoms with Gasteiger partial charge >= 0.3 is 119 Å². The maximum atomic E-state index is 0. The molecule has 0 radical (unpaired) electrons. The predicted octanol–water partition coefficient (Wildman–Crippen LogP) is -4.66. The predicted molar refractivity (Wildman–Crippen MR) is 31.9 cm³/mol. The van der Waals surface area contributed by atoms with Crippen LogP contribution in [0.25, 0.3) is 0 Å². The Hall–Kier alpha value is 4.68. The second-order valence-corrected chi connectivity index (χ2v) is 0. The fraction of sp³-hybridized carbons (Fsp3) is 0. The summed E-state index contributed by atoms with van der Waals surface area (Å²) in [6.07, 6.45) is 0. The first-order valence-electron chi connectivity index (χ1n) is 0. The van der Waals surface area contributed by atoms with Crippen LogP contribution in [0.2, 0.25) is 0 Å². The van der Waals surface area contributed by atoms with Gasteiger partial charge in [-0.3, -0.25) is 0 Å². The van der Waals surface area contributed by atoms with Gasteiger partial charge in [-0.05, 0) is 0 Å². The minimum atomic E-state index is 0. The zero-order valence-electron chi connectivity index (χ0n) is 7.93. The van der Waals surface area contributed by atoms with E-state index in [1.807, 2.05) is 0 Å². The van der Waals surface area contributed by atoms with Crippen LogP contribution >= 0.6 is 37.2 Å². The summed E-state index contributed by atoms with van der Waals surface area (Å²) in [5.41, 5.74) is 0. The number of halogens is 3. The molecule has 6 heteroatoms. The molecule has 0 unspecified atom stereocenters. The molecule has 0 bridgehead atoms. The molecule has 0 fully saturated rings. The Bertz CT molecular complexity index is 20.5. The summed E-state index contributed by atoms with van der Waals surface area (Å²) in [7, 11) is 0. The number of hydrogen-bond acceptors (Lipinski definition) is 0. The Morgan fingerprint density at radius 3 is 0.833 bits per heavy atom. The topological polar surface area (TPSA) is 0 Å². The molecule has 0 spiro atoms. The average Bonchev–Trinajstić information content (AvgIpc) is 0. The van der Waals surface area contributed by atoms with E-state index in [1.165, 1.54) is 0 Å². The van der Waals surface area contributed by atoms with E-state index < -0.39 is 0 Å². The van der Waals surface area contributed by atoms with Crippen molar-refractivity contribution >= 4 is 86.1 Å². The molecule has 0 amide bonds. The van der Waals surface area contributed by atoms with Crippen molar-refractivity contribution in [1.82, 2.24) is 0 Å². The first-order valence-corrected chi connectivity index (χ1v) is 0. The fourth-order valence-electron chi connectivity index (χ4n) is 0. The molecule has 0 aliphatic rings. The molecule has 0 aliphatic carbocycles. The third-order valence-corrected chi connectivity index (χ3v) is 0. The summed E-state index contributed by atoms with van der Waals surface area (Å²) in [5.74, 6) is 0. The van der Waals surface area contributed by atoms with Crippen LogP contribution in [0.4, 0.5) is 0 Å².